The predicted octanol–water partition coefficient (Wildman–Crippen LogP) is 1.97. The van der Waals surface area contributed by atoms with Gasteiger partial charge in [0.2, 0.25) is 0 Å². The van der Waals surface area contributed by atoms with E-state index in [-0.39, 0.29) is 18.1 Å². The molecule has 2 rings (SSSR count). The van der Waals surface area contributed by atoms with Gasteiger partial charge >= 0.3 is 12.0 Å². The molecule has 1 atom stereocenters. The summed E-state index contributed by atoms with van der Waals surface area (Å²) in [5, 5.41) is 16.2. The van der Waals surface area contributed by atoms with Crippen LogP contribution < -0.4 is 5.32 Å². The number of carbonyl (C=O) groups is 2. The van der Waals surface area contributed by atoms with Gasteiger partial charge in [-0.25, -0.2) is 9.48 Å². The number of rotatable bonds is 2. The van der Waals surface area contributed by atoms with Crippen molar-refractivity contribution in [3.8, 4) is 0 Å². The molecule has 1 aromatic heterocycles. The molecular formula is C14H22N4O3. The molecule has 1 aliphatic heterocycles. The molecule has 7 nitrogen and oxygen atoms in total. The number of aliphatic carboxylic acids is 1. The van der Waals surface area contributed by atoms with E-state index >= 15 is 0 Å². The number of nitrogens with one attached hydrogen (secondary N) is 1. The largest absolute Gasteiger partial charge is 0.481 e. The van der Waals surface area contributed by atoms with Crippen molar-refractivity contribution in [3.63, 3.8) is 0 Å². The first-order chi connectivity index (χ1) is 9.63. The Labute approximate surface area is 123 Å². The Hall–Kier alpha value is -2.05. The van der Waals surface area contributed by atoms with Crippen molar-refractivity contribution in [1.82, 2.24) is 14.7 Å². The summed E-state index contributed by atoms with van der Waals surface area (Å²) in [5.74, 6) is -0.256. The van der Waals surface area contributed by atoms with Crippen LogP contribution in [0.1, 0.15) is 34.1 Å². The summed E-state index contributed by atoms with van der Waals surface area (Å²) in [6.45, 7) is 8.31. The van der Waals surface area contributed by atoms with Crippen LogP contribution in [0.25, 0.3) is 0 Å². The highest BCUT2D eigenvalue weighted by Gasteiger charge is 2.42. The average molecular weight is 294 g/mol. The maximum Gasteiger partial charge on any atom is 0.323 e. The number of urea groups is 1. The summed E-state index contributed by atoms with van der Waals surface area (Å²) >= 11 is 0. The van der Waals surface area contributed by atoms with Gasteiger partial charge < -0.3 is 10.0 Å². The number of aromatic nitrogens is 2. The van der Waals surface area contributed by atoms with Gasteiger partial charge in [-0.2, -0.15) is 5.10 Å². The molecule has 0 saturated carbocycles. The molecule has 1 aliphatic rings. The highest BCUT2D eigenvalue weighted by atomic mass is 16.4. The van der Waals surface area contributed by atoms with Gasteiger partial charge in [-0.1, -0.05) is 0 Å². The van der Waals surface area contributed by atoms with E-state index in [0.717, 1.165) is 0 Å². The van der Waals surface area contributed by atoms with Gasteiger partial charge in [0.25, 0.3) is 0 Å². The second kappa shape index (κ2) is 5.05. The van der Waals surface area contributed by atoms with Gasteiger partial charge in [0, 0.05) is 19.2 Å². The zero-order valence-corrected chi connectivity index (χ0v) is 12.9. The van der Waals surface area contributed by atoms with Gasteiger partial charge in [-0.3, -0.25) is 10.1 Å². The molecule has 0 aliphatic carbocycles. The summed E-state index contributed by atoms with van der Waals surface area (Å²) in [7, 11) is 0. The third-order valence-electron chi connectivity index (χ3n) is 3.79. The third kappa shape index (κ3) is 3.01. The quantitative estimate of drug-likeness (QED) is 0.873. The SMILES string of the molecule is CC1(C(=O)O)CCN(C(=O)Nc2ccnn2C(C)(C)C)C1. The van der Waals surface area contributed by atoms with Crippen molar-refractivity contribution in [3.05, 3.63) is 12.3 Å². The topological polar surface area (TPSA) is 87.5 Å². The molecule has 2 amide bonds. The highest BCUT2D eigenvalue weighted by Crippen LogP contribution is 2.30. The van der Waals surface area contributed by atoms with Crippen LogP contribution in [0.2, 0.25) is 0 Å². The zero-order valence-electron chi connectivity index (χ0n) is 12.9. The van der Waals surface area contributed by atoms with Crippen molar-refractivity contribution < 1.29 is 14.7 Å². The lowest BCUT2D eigenvalue weighted by atomic mass is 9.90. The van der Waals surface area contributed by atoms with E-state index in [0.29, 0.717) is 18.8 Å². The fourth-order valence-corrected chi connectivity index (χ4v) is 2.43. The van der Waals surface area contributed by atoms with Crippen molar-refractivity contribution in [1.29, 1.82) is 0 Å². The summed E-state index contributed by atoms with van der Waals surface area (Å²) in [6, 6.07) is 1.45. The molecule has 2 heterocycles. The minimum Gasteiger partial charge on any atom is -0.481 e. The molecule has 116 valence electrons. The van der Waals surface area contributed by atoms with Gasteiger partial charge in [0.1, 0.15) is 5.82 Å². The van der Waals surface area contributed by atoms with Crippen LogP contribution in [0, 0.1) is 5.41 Å². The second-order valence-electron chi connectivity index (χ2n) is 6.77. The standard InChI is InChI=1S/C14H22N4O3/c1-13(2,3)18-10(5-7-15-18)16-12(21)17-8-6-14(4,9-17)11(19)20/h5,7H,6,8-9H2,1-4H3,(H,16,21)(H,19,20). The smallest absolute Gasteiger partial charge is 0.323 e. The van der Waals surface area contributed by atoms with E-state index in [9.17, 15) is 14.7 Å². The Balaban J connectivity index is 2.07. The lowest BCUT2D eigenvalue weighted by Gasteiger charge is -2.24. The normalized spacial score (nSPS) is 22.4. The number of anilines is 1. The lowest BCUT2D eigenvalue weighted by Crippen LogP contribution is -2.38. The number of hydrogen-bond donors (Lipinski definition) is 2. The molecule has 1 saturated heterocycles. The molecule has 1 unspecified atom stereocenters. The van der Waals surface area contributed by atoms with Crippen LogP contribution in [0.4, 0.5) is 10.6 Å². The molecule has 7 heteroatoms. The van der Waals surface area contributed by atoms with Gasteiger partial charge in [0.05, 0.1) is 17.2 Å². The monoisotopic (exact) mass is 294 g/mol. The van der Waals surface area contributed by atoms with E-state index in [1.165, 1.54) is 4.90 Å². The minimum atomic E-state index is -0.863. The Morgan fingerprint density at radius 3 is 2.62 bits per heavy atom. The number of likely N-dealkylation sites (tertiary alicyclic amines) is 1. The number of hydrogen-bond acceptors (Lipinski definition) is 3. The molecule has 0 bridgehead atoms. The van der Waals surface area contributed by atoms with Gasteiger partial charge in [-0.05, 0) is 34.1 Å². The van der Waals surface area contributed by atoms with E-state index in [4.69, 9.17) is 0 Å². The van der Waals surface area contributed by atoms with E-state index < -0.39 is 11.4 Å². The van der Waals surface area contributed by atoms with Crippen molar-refractivity contribution in [2.45, 2.75) is 39.7 Å². The summed E-state index contributed by atoms with van der Waals surface area (Å²) in [6.07, 6.45) is 2.10. The van der Waals surface area contributed by atoms with Crippen LogP contribution >= 0.6 is 0 Å². The number of amides is 2. The Kier molecular flexibility index (Phi) is 3.69. The first kappa shape index (κ1) is 15.3. The third-order valence-corrected chi connectivity index (χ3v) is 3.79. The number of carbonyl (C=O) groups excluding carboxylic acids is 1. The molecule has 21 heavy (non-hydrogen) atoms. The average Bonchev–Trinajstić information content (AvgIpc) is 2.95. The first-order valence-corrected chi connectivity index (χ1v) is 6.97. The fraction of sp³-hybridized carbons (Fsp3) is 0.643. The van der Waals surface area contributed by atoms with Gasteiger partial charge in [-0.15, -0.1) is 0 Å². The second-order valence-corrected chi connectivity index (χ2v) is 6.77. The Morgan fingerprint density at radius 2 is 2.10 bits per heavy atom. The van der Waals surface area contributed by atoms with Crippen molar-refractivity contribution in [2.24, 2.45) is 5.41 Å². The minimum absolute atomic E-state index is 0.220. The summed E-state index contributed by atoms with van der Waals surface area (Å²) < 4.78 is 1.73. The highest BCUT2D eigenvalue weighted by molar-refractivity contribution is 5.89. The Morgan fingerprint density at radius 1 is 1.43 bits per heavy atom. The summed E-state index contributed by atoms with van der Waals surface area (Å²) in [4.78, 5) is 25.0. The molecule has 1 fully saturated rings. The van der Waals surface area contributed by atoms with Crippen molar-refractivity contribution in [2.75, 3.05) is 18.4 Å². The Bertz CT molecular complexity index is 561. The number of nitrogens with zero attached hydrogens (tertiary/aromatic N) is 3. The van der Waals surface area contributed by atoms with Crippen LogP contribution in [0.15, 0.2) is 12.3 Å². The molecule has 2 N–H and O–H groups in total. The first-order valence-electron chi connectivity index (χ1n) is 6.97. The van der Waals surface area contributed by atoms with E-state index in [1.54, 1.807) is 23.9 Å². The van der Waals surface area contributed by atoms with Crippen LogP contribution in [-0.2, 0) is 10.3 Å². The van der Waals surface area contributed by atoms with Crippen LogP contribution in [0.3, 0.4) is 0 Å². The zero-order chi connectivity index (χ0) is 15.8. The fourth-order valence-electron chi connectivity index (χ4n) is 2.43. The molecular weight excluding hydrogens is 272 g/mol. The predicted molar refractivity (Wildman–Crippen MR) is 78.2 cm³/mol. The molecule has 0 radical (unpaired) electrons. The van der Waals surface area contributed by atoms with Gasteiger partial charge in [0.15, 0.2) is 0 Å². The van der Waals surface area contributed by atoms with E-state index in [1.807, 2.05) is 20.8 Å². The van der Waals surface area contributed by atoms with E-state index in [2.05, 4.69) is 10.4 Å². The number of carboxylic acids is 1. The summed E-state index contributed by atoms with van der Waals surface area (Å²) in [5.41, 5.74) is -1.10. The van der Waals surface area contributed by atoms with Crippen molar-refractivity contribution >= 4 is 17.8 Å². The van der Waals surface area contributed by atoms with Crippen LogP contribution in [0.5, 0.6) is 0 Å². The molecule has 1 aromatic rings. The maximum absolute atomic E-state index is 12.3. The molecule has 0 spiro atoms. The van der Waals surface area contributed by atoms with Crippen LogP contribution in [-0.4, -0.2) is 44.9 Å². The number of carboxylic acid groups (broad SMARTS) is 1. The maximum atomic E-state index is 12.3. The lowest BCUT2D eigenvalue weighted by molar-refractivity contribution is -0.146. The molecule has 0 aromatic carbocycles.